The summed E-state index contributed by atoms with van der Waals surface area (Å²) in [5, 5.41) is 0. The molecular formula is C14H16I2O2Te+. The van der Waals surface area contributed by atoms with Gasteiger partial charge in [-0.2, -0.15) is 0 Å². The minimum Gasteiger partial charge on any atom is -0.107 e. The van der Waals surface area contributed by atoms with Gasteiger partial charge in [-0.25, -0.2) is 0 Å². The predicted molar refractivity (Wildman–Crippen MR) is 102 cm³/mol. The van der Waals surface area contributed by atoms with Gasteiger partial charge in [-0.3, -0.25) is 0 Å². The molecule has 2 aromatic carbocycles. The van der Waals surface area contributed by atoms with Crippen LogP contribution < -0.4 is 16.7 Å². The molecule has 0 fully saturated rings. The fourth-order valence-corrected chi connectivity index (χ4v) is 3.75. The molecule has 0 aliphatic carbocycles. The van der Waals surface area contributed by atoms with Crippen LogP contribution in [-0.4, -0.2) is 35.1 Å². The summed E-state index contributed by atoms with van der Waals surface area (Å²) in [6, 6.07) is 16.6. The van der Waals surface area contributed by atoms with Crippen molar-refractivity contribution >= 4 is 76.1 Å². The van der Waals surface area contributed by atoms with Gasteiger partial charge in [0.25, 0.3) is 0 Å². The topological polar surface area (TPSA) is 18.5 Å². The Bertz CT molecular complexity index is 426. The molecule has 2 nitrogen and oxygen atoms in total. The summed E-state index contributed by atoms with van der Waals surface area (Å²) in [5.74, 6) is 1.83. The summed E-state index contributed by atoms with van der Waals surface area (Å²) in [5.41, 5.74) is 0. The molecule has 2 aromatic rings. The first-order valence-corrected chi connectivity index (χ1v) is 7.61. The van der Waals surface area contributed by atoms with Crippen molar-refractivity contribution in [3.05, 3.63) is 48.5 Å². The van der Waals surface area contributed by atoms with Crippen molar-refractivity contribution in [3.63, 3.8) is 0 Å². The van der Waals surface area contributed by atoms with Crippen molar-refractivity contribution < 1.29 is 9.47 Å². The minimum atomic E-state index is -0.308. The maximum absolute atomic E-state index is 5.15. The van der Waals surface area contributed by atoms with E-state index in [1.54, 1.807) is 14.2 Å². The first kappa shape index (κ1) is 19.3. The SMILES string of the molecule is COc1ccc([Te+]c2ccc(OC)cc2)cc1.I.I. The number of halogens is 2. The second-order valence-corrected chi connectivity index (χ2v) is 6.73. The largest absolute Gasteiger partial charge is 0.107 e. The zero-order chi connectivity index (χ0) is 12.1. The van der Waals surface area contributed by atoms with Gasteiger partial charge < -0.3 is 0 Å². The molecule has 0 aliphatic rings. The Morgan fingerprint density at radius 3 is 1.21 bits per heavy atom. The molecule has 1 radical (unpaired) electrons. The normalized spacial score (nSPS) is 8.95. The Labute approximate surface area is 158 Å². The van der Waals surface area contributed by atoms with Crippen molar-refractivity contribution in [1.82, 2.24) is 0 Å². The molecule has 0 N–H and O–H groups in total. The quantitative estimate of drug-likeness (QED) is 0.399. The van der Waals surface area contributed by atoms with Gasteiger partial charge in [-0.15, -0.1) is 48.0 Å². The smallest absolute Gasteiger partial charge is 0.107 e. The minimum absolute atomic E-state index is 0. The monoisotopic (exact) mass is 600 g/mol. The third-order valence-corrected chi connectivity index (χ3v) is 5.25. The molecule has 5 heteroatoms. The van der Waals surface area contributed by atoms with E-state index in [1.807, 2.05) is 24.3 Å². The van der Waals surface area contributed by atoms with Crippen LogP contribution in [0.15, 0.2) is 48.5 Å². The van der Waals surface area contributed by atoms with Gasteiger partial charge in [0.1, 0.15) is 0 Å². The fraction of sp³-hybridized carbons (Fsp3) is 0.143. The Morgan fingerprint density at radius 2 is 0.947 bits per heavy atom. The predicted octanol–water partition coefficient (Wildman–Crippen LogP) is 2.59. The van der Waals surface area contributed by atoms with Crippen molar-refractivity contribution in [2.45, 2.75) is 0 Å². The van der Waals surface area contributed by atoms with Gasteiger partial charge >= 0.3 is 112 Å². The number of rotatable bonds is 4. The van der Waals surface area contributed by atoms with Gasteiger partial charge in [-0.1, -0.05) is 0 Å². The average Bonchev–Trinajstić information content (AvgIpc) is 2.40. The van der Waals surface area contributed by atoms with Crippen LogP contribution in [0.1, 0.15) is 0 Å². The van der Waals surface area contributed by atoms with Gasteiger partial charge in [0.2, 0.25) is 0 Å². The third kappa shape index (κ3) is 6.06. The third-order valence-electron chi connectivity index (χ3n) is 2.35. The number of hydrogen-bond acceptors (Lipinski definition) is 2. The first-order valence-electron chi connectivity index (χ1n) is 5.28. The summed E-state index contributed by atoms with van der Waals surface area (Å²) >= 11 is -0.308. The molecule has 0 aliphatic heterocycles. The summed E-state index contributed by atoms with van der Waals surface area (Å²) < 4.78 is 13.1. The summed E-state index contributed by atoms with van der Waals surface area (Å²) in [6.07, 6.45) is 0. The summed E-state index contributed by atoms with van der Waals surface area (Å²) in [4.78, 5) is 0. The zero-order valence-electron chi connectivity index (χ0n) is 10.7. The maximum Gasteiger partial charge on any atom is -0.107 e. The van der Waals surface area contributed by atoms with Crippen LogP contribution in [0.5, 0.6) is 11.5 Å². The van der Waals surface area contributed by atoms with E-state index in [0.717, 1.165) is 11.5 Å². The van der Waals surface area contributed by atoms with Crippen LogP contribution in [0.4, 0.5) is 0 Å². The van der Waals surface area contributed by atoms with E-state index < -0.39 is 0 Å². The molecule has 0 atom stereocenters. The van der Waals surface area contributed by atoms with Crippen LogP contribution in [-0.2, 0) is 0 Å². The molecule has 0 amide bonds. The molecule has 0 unspecified atom stereocenters. The van der Waals surface area contributed by atoms with Crippen LogP contribution >= 0.6 is 48.0 Å². The van der Waals surface area contributed by atoms with Gasteiger partial charge in [0, 0.05) is 0 Å². The van der Waals surface area contributed by atoms with E-state index in [1.165, 1.54) is 7.22 Å². The standard InChI is InChI=1S/C14H14O2Te.2HI/c1-15-11-3-7-13(8-4-11)17-14-9-5-12(16-2)6-10-14;;/h3-10H,1-2H3;2*1H/q+1;;. The Hall–Kier alpha value is 0.290. The second-order valence-electron chi connectivity index (χ2n) is 3.45. The van der Waals surface area contributed by atoms with Crippen LogP contribution in [0, 0.1) is 0 Å². The number of hydrogen-bond donors (Lipinski definition) is 0. The molecular weight excluding hydrogens is 582 g/mol. The van der Waals surface area contributed by atoms with Crippen molar-refractivity contribution in [2.75, 3.05) is 14.2 Å². The van der Waals surface area contributed by atoms with Crippen molar-refractivity contribution in [3.8, 4) is 11.5 Å². The average molecular weight is 598 g/mol. The Morgan fingerprint density at radius 1 is 0.632 bits per heavy atom. The number of methoxy groups -OCH3 is 2. The van der Waals surface area contributed by atoms with E-state index in [9.17, 15) is 0 Å². The molecule has 19 heavy (non-hydrogen) atoms. The molecule has 2 rings (SSSR count). The van der Waals surface area contributed by atoms with Gasteiger partial charge in [0.05, 0.1) is 0 Å². The fourth-order valence-electron chi connectivity index (χ4n) is 1.42. The van der Waals surface area contributed by atoms with E-state index in [2.05, 4.69) is 24.3 Å². The second kappa shape index (κ2) is 10.1. The molecule has 0 aromatic heterocycles. The summed E-state index contributed by atoms with van der Waals surface area (Å²) in [6.45, 7) is 0. The van der Waals surface area contributed by atoms with E-state index in [4.69, 9.17) is 9.47 Å². The zero-order valence-corrected chi connectivity index (χ0v) is 17.7. The van der Waals surface area contributed by atoms with Crippen LogP contribution in [0.3, 0.4) is 0 Å². The van der Waals surface area contributed by atoms with E-state index in [0.29, 0.717) is 0 Å². The Balaban J connectivity index is 0.00000162. The van der Waals surface area contributed by atoms with E-state index in [-0.39, 0.29) is 68.9 Å². The Kier molecular flexibility index (Phi) is 10.2. The molecule has 0 saturated heterocycles. The van der Waals surface area contributed by atoms with Gasteiger partial charge in [-0.05, 0) is 0 Å². The maximum atomic E-state index is 5.15. The molecule has 0 bridgehead atoms. The first-order chi connectivity index (χ1) is 8.31. The molecule has 0 spiro atoms. The molecule has 0 heterocycles. The van der Waals surface area contributed by atoms with Crippen molar-refractivity contribution in [1.29, 1.82) is 0 Å². The van der Waals surface area contributed by atoms with E-state index >= 15 is 0 Å². The van der Waals surface area contributed by atoms with Crippen LogP contribution in [0.25, 0.3) is 0 Å². The summed E-state index contributed by atoms with van der Waals surface area (Å²) in [7, 11) is 3.38. The molecule has 0 saturated carbocycles. The van der Waals surface area contributed by atoms with Crippen molar-refractivity contribution in [2.24, 2.45) is 0 Å². The molecule has 103 valence electrons. The number of ether oxygens (including phenoxy) is 2. The number of benzene rings is 2. The van der Waals surface area contributed by atoms with Crippen LogP contribution in [0.2, 0.25) is 0 Å². The van der Waals surface area contributed by atoms with Gasteiger partial charge in [0.15, 0.2) is 0 Å².